The molecule has 117 valence electrons. The molecule has 1 aromatic rings. The molecule has 3 N–H and O–H groups in total. The van der Waals surface area contributed by atoms with E-state index in [2.05, 4.69) is 0 Å². The number of carbonyl (C=O) groups is 2. The van der Waals surface area contributed by atoms with Gasteiger partial charge in [0.25, 0.3) is 0 Å². The summed E-state index contributed by atoms with van der Waals surface area (Å²) in [5, 5.41) is 19.2. The van der Waals surface area contributed by atoms with E-state index in [1.165, 1.54) is 0 Å². The van der Waals surface area contributed by atoms with Crippen molar-refractivity contribution in [1.29, 1.82) is 5.41 Å². The number of nitrogens with two attached hydrogens (primary N) is 1. The van der Waals surface area contributed by atoms with Crippen LogP contribution in [-0.4, -0.2) is 35.6 Å². The second kappa shape index (κ2) is 7.17. The molecule has 22 heavy (non-hydrogen) atoms. The van der Waals surface area contributed by atoms with Gasteiger partial charge in [-0.25, -0.2) is 5.11 Å². The molecule has 0 aliphatic carbocycles. The third-order valence-corrected chi connectivity index (χ3v) is 3.96. The van der Waals surface area contributed by atoms with Crippen LogP contribution in [0.2, 0.25) is 0 Å². The van der Waals surface area contributed by atoms with Gasteiger partial charge < -0.3 is 15.4 Å². The van der Waals surface area contributed by atoms with Gasteiger partial charge in [-0.1, -0.05) is 24.3 Å². The summed E-state index contributed by atoms with van der Waals surface area (Å²) in [5.41, 5.74) is 6.90. The molecule has 0 bridgehead atoms. The molecule has 1 saturated heterocycles. The van der Waals surface area contributed by atoms with Crippen molar-refractivity contribution in [2.45, 2.75) is 37.8 Å². The van der Waals surface area contributed by atoms with Crippen molar-refractivity contribution in [2.24, 2.45) is 5.73 Å². The fourth-order valence-electron chi connectivity index (χ4n) is 2.76. The minimum absolute atomic E-state index is 0.0178. The van der Waals surface area contributed by atoms with E-state index in [9.17, 15) is 14.7 Å². The van der Waals surface area contributed by atoms with Crippen molar-refractivity contribution in [3.05, 3.63) is 35.4 Å². The molecule has 2 atom stereocenters. The lowest BCUT2D eigenvalue weighted by atomic mass is 9.92. The number of amidine groups is 1. The van der Waals surface area contributed by atoms with Gasteiger partial charge in [-0.2, -0.15) is 0 Å². The monoisotopic (exact) mass is 302 g/mol. The van der Waals surface area contributed by atoms with E-state index in [1.54, 1.807) is 29.2 Å². The van der Waals surface area contributed by atoms with Gasteiger partial charge in [0.1, 0.15) is 12.1 Å². The maximum Gasteiger partial charge on any atom is 0.223 e. The number of nitrogen functional groups attached to an aromatic ring is 1. The van der Waals surface area contributed by atoms with Crippen LogP contribution in [0.4, 0.5) is 0 Å². The Balaban J connectivity index is 2.20. The van der Waals surface area contributed by atoms with Crippen LogP contribution in [0.3, 0.4) is 0 Å². The van der Waals surface area contributed by atoms with Gasteiger partial charge in [0.05, 0.1) is 12.1 Å². The van der Waals surface area contributed by atoms with Crippen molar-refractivity contribution in [2.75, 3.05) is 6.54 Å². The number of rotatable bonds is 5. The molecule has 0 saturated carbocycles. The third-order valence-electron chi connectivity index (χ3n) is 3.96. The number of amides is 1. The first-order chi connectivity index (χ1) is 10.5. The molecule has 0 aromatic heterocycles. The molecule has 6 heteroatoms. The minimum Gasteiger partial charge on any atom is -0.384 e. The summed E-state index contributed by atoms with van der Waals surface area (Å²) in [6, 6.07) is 6.79. The second-order valence-electron chi connectivity index (χ2n) is 5.49. The van der Waals surface area contributed by atoms with Crippen LogP contribution < -0.4 is 5.73 Å². The highest BCUT2D eigenvalue weighted by Crippen LogP contribution is 2.32. The first kappa shape index (κ1) is 16.2. The van der Waals surface area contributed by atoms with E-state index >= 15 is 0 Å². The topological polar surface area (TPSA) is 107 Å². The van der Waals surface area contributed by atoms with Crippen LogP contribution in [0, 0.1) is 5.41 Å². The molecular weight excluding hydrogens is 282 g/mol. The van der Waals surface area contributed by atoms with Gasteiger partial charge in [0, 0.05) is 31.4 Å². The molecule has 1 aromatic carbocycles. The van der Waals surface area contributed by atoms with Crippen molar-refractivity contribution in [3.63, 3.8) is 0 Å². The van der Waals surface area contributed by atoms with Crippen molar-refractivity contribution < 1.29 is 14.7 Å². The zero-order chi connectivity index (χ0) is 16.1. The first-order valence-electron chi connectivity index (χ1n) is 7.36. The Morgan fingerprint density at radius 3 is 2.64 bits per heavy atom. The van der Waals surface area contributed by atoms with Gasteiger partial charge >= 0.3 is 0 Å². The molecular formula is C16H20N3O3. The SMILES string of the molecule is N=C(N)c1ccc(C2CC([O])CCN2C(=O)CCC=O)cc1. The molecule has 2 rings (SSSR count). The summed E-state index contributed by atoms with van der Waals surface area (Å²) in [4.78, 5) is 24.4. The Morgan fingerprint density at radius 1 is 1.36 bits per heavy atom. The summed E-state index contributed by atoms with van der Waals surface area (Å²) in [5.74, 6) is -0.115. The van der Waals surface area contributed by atoms with E-state index in [0.717, 1.165) is 11.8 Å². The zero-order valence-corrected chi connectivity index (χ0v) is 12.3. The number of hydrogen-bond donors (Lipinski definition) is 2. The first-order valence-corrected chi connectivity index (χ1v) is 7.36. The lowest BCUT2D eigenvalue weighted by Gasteiger charge is -2.37. The fraction of sp³-hybridized carbons (Fsp3) is 0.438. The second-order valence-corrected chi connectivity index (χ2v) is 5.49. The molecule has 1 heterocycles. The van der Waals surface area contributed by atoms with Crippen LogP contribution in [0.25, 0.3) is 0 Å². The maximum atomic E-state index is 12.2. The molecule has 1 radical (unpaired) electrons. The Morgan fingerprint density at radius 2 is 2.05 bits per heavy atom. The molecule has 1 aliphatic rings. The van der Waals surface area contributed by atoms with Crippen LogP contribution in [0.5, 0.6) is 0 Å². The lowest BCUT2D eigenvalue weighted by molar-refractivity contribution is -0.138. The molecule has 1 aliphatic heterocycles. The van der Waals surface area contributed by atoms with Crippen molar-refractivity contribution in [1.82, 2.24) is 4.90 Å². The molecule has 6 nitrogen and oxygen atoms in total. The van der Waals surface area contributed by atoms with Crippen molar-refractivity contribution in [3.8, 4) is 0 Å². The Labute approximate surface area is 129 Å². The van der Waals surface area contributed by atoms with Crippen LogP contribution in [0.15, 0.2) is 24.3 Å². The number of aldehydes is 1. The highest BCUT2D eigenvalue weighted by Gasteiger charge is 2.32. The number of carbonyl (C=O) groups excluding carboxylic acids is 2. The highest BCUT2D eigenvalue weighted by atomic mass is 16.3. The van der Waals surface area contributed by atoms with E-state index in [1.807, 2.05) is 0 Å². The standard InChI is InChI=1S/C16H20N3O3/c17-16(18)12-5-3-11(4-6-12)14-10-13(21)7-8-19(14)15(22)2-1-9-20/h3-6,9,13-14H,1-2,7-8,10H2,(H3,17,18). The van der Waals surface area contributed by atoms with E-state index in [-0.39, 0.29) is 30.6 Å². The molecule has 0 spiro atoms. The lowest BCUT2D eigenvalue weighted by Crippen LogP contribution is -2.42. The maximum absolute atomic E-state index is 12.2. The van der Waals surface area contributed by atoms with E-state index in [0.29, 0.717) is 24.9 Å². The van der Waals surface area contributed by atoms with Crippen LogP contribution in [-0.2, 0) is 14.7 Å². The summed E-state index contributed by atoms with van der Waals surface area (Å²) < 4.78 is 0. The van der Waals surface area contributed by atoms with Crippen LogP contribution in [0.1, 0.15) is 42.9 Å². The summed E-state index contributed by atoms with van der Waals surface area (Å²) in [6.45, 7) is 0.422. The largest absolute Gasteiger partial charge is 0.384 e. The smallest absolute Gasteiger partial charge is 0.223 e. The Kier molecular flexibility index (Phi) is 5.27. The summed E-state index contributed by atoms with van der Waals surface area (Å²) in [6.07, 6.45) is 1.23. The average Bonchev–Trinajstić information content (AvgIpc) is 2.52. The highest BCUT2D eigenvalue weighted by molar-refractivity contribution is 5.94. The number of nitrogens with one attached hydrogen (secondary N) is 1. The van der Waals surface area contributed by atoms with Gasteiger partial charge in [0.15, 0.2) is 0 Å². The van der Waals surface area contributed by atoms with Gasteiger partial charge in [-0.05, 0) is 12.0 Å². The Hall–Kier alpha value is -2.21. The molecule has 1 amide bonds. The number of nitrogens with zero attached hydrogens (tertiary/aromatic N) is 1. The summed E-state index contributed by atoms with van der Waals surface area (Å²) in [7, 11) is 0. The number of likely N-dealkylation sites (tertiary alicyclic amines) is 1. The predicted octanol–water partition coefficient (Wildman–Crippen LogP) is 1.41. The summed E-state index contributed by atoms with van der Waals surface area (Å²) >= 11 is 0. The third kappa shape index (κ3) is 3.71. The van der Waals surface area contributed by atoms with E-state index in [4.69, 9.17) is 11.1 Å². The van der Waals surface area contributed by atoms with E-state index < -0.39 is 6.10 Å². The molecule has 1 fully saturated rings. The van der Waals surface area contributed by atoms with Gasteiger partial charge in [-0.15, -0.1) is 0 Å². The van der Waals surface area contributed by atoms with Gasteiger partial charge in [0.2, 0.25) is 5.91 Å². The number of benzene rings is 1. The predicted molar refractivity (Wildman–Crippen MR) is 80.9 cm³/mol. The average molecular weight is 302 g/mol. The number of piperidine rings is 1. The quantitative estimate of drug-likeness (QED) is 0.488. The Bertz CT molecular complexity index is 556. The van der Waals surface area contributed by atoms with Crippen LogP contribution >= 0.6 is 0 Å². The van der Waals surface area contributed by atoms with Gasteiger partial charge in [-0.3, -0.25) is 10.2 Å². The number of hydrogen-bond acceptors (Lipinski definition) is 3. The zero-order valence-electron chi connectivity index (χ0n) is 12.3. The molecule has 2 unspecified atom stereocenters. The fourth-order valence-corrected chi connectivity index (χ4v) is 2.76. The normalized spacial score (nSPS) is 21.4. The van der Waals surface area contributed by atoms with Crippen molar-refractivity contribution >= 4 is 18.0 Å². The minimum atomic E-state index is -0.687.